The minimum absolute atomic E-state index is 0.0659. The lowest BCUT2D eigenvalue weighted by Gasteiger charge is -2.46. The minimum Gasteiger partial charge on any atom is -0.353 e. The third kappa shape index (κ3) is 2.19. The Morgan fingerprint density at radius 3 is 2.89 bits per heavy atom. The maximum Gasteiger partial charge on any atom is 0.318 e. The van der Waals surface area contributed by atoms with Gasteiger partial charge in [0, 0.05) is 27.5 Å². The molecule has 6 rings (SSSR count). The minimum atomic E-state index is -0.217. The molecule has 2 amide bonds. The lowest BCUT2D eigenvalue weighted by Crippen LogP contribution is -2.53. The third-order valence-electron chi connectivity index (χ3n) is 6.31. The van der Waals surface area contributed by atoms with Gasteiger partial charge in [0.15, 0.2) is 0 Å². The molecule has 2 fully saturated rings. The number of benzene rings is 1. The number of halogens is 1. The van der Waals surface area contributed by atoms with Crippen molar-refractivity contribution >= 4 is 28.5 Å². The smallest absolute Gasteiger partial charge is 0.318 e. The zero-order valence-electron chi connectivity index (χ0n) is 14.8. The zero-order valence-corrected chi connectivity index (χ0v) is 15.6. The first-order valence-corrected chi connectivity index (χ1v) is 9.96. The number of aromatic nitrogens is 3. The standard InChI is InChI=1S/C20H20ClN5O/c21-12-3-2-11-8-15(23-14(11)9-12)18-17-16(24-25-18)10-26(20(17)6-1-7-20)19(27)22-13-4-5-13/h2-3,8-9,13,23H,1,4-7,10H2,(H,22,27)(H,24,25). The van der Waals surface area contributed by atoms with Crippen LogP contribution in [0.3, 0.4) is 0 Å². The summed E-state index contributed by atoms with van der Waals surface area (Å²) in [7, 11) is 0. The average Bonchev–Trinajstić information content (AvgIpc) is 3.05. The molecular weight excluding hydrogens is 362 g/mol. The Bertz CT molecular complexity index is 1080. The van der Waals surface area contributed by atoms with E-state index in [2.05, 4.69) is 26.6 Å². The Morgan fingerprint density at radius 1 is 1.30 bits per heavy atom. The number of carbonyl (C=O) groups excluding carboxylic acids is 1. The number of nitrogens with zero attached hydrogens (tertiary/aromatic N) is 2. The van der Waals surface area contributed by atoms with Gasteiger partial charge < -0.3 is 15.2 Å². The van der Waals surface area contributed by atoms with Crippen molar-refractivity contribution in [2.75, 3.05) is 0 Å². The van der Waals surface area contributed by atoms with Crippen LogP contribution in [0.25, 0.3) is 22.3 Å². The lowest BCUT2D eigenvalue weighted by molar-refractivity contribution is 0.0556. The molecule has 2 saturated carbocycles. The van der Waals surface area contributed by atoms with Gasteiger partial charge in [-0.05, 0) is 50.3 Å². The number of urea groups is 1. The number of hydrogen-bond donors (Lipinski definition) is 3. The van der Waals surface area contributed by atoms with Gasteiger partial charge in [0.05, 0.1) is 23.5 Å². The Balaban J connectivity index is 1.43. The molecule has 1 spiro atoms. The van der Waals surface area contributed by atoms with Crippen LogP contribution in [0, 0.1) is 0 Å². The molecule has 6 nitrogen and oxygen atoms in total. The molecule has 3 aliphatic rings. The van der Waals surface area contributed by atoms with Crippen LogP contribution in [0.5, 0.6) is 0 Å². The maximum absolute atomic E-state index is 12.9. The highest BCUT2D eigenvalue weighted by Crippen LogP contribution is 2.54. The predicted molar refractivity (Wildman–Crippen MR) is 104 cm³/mol. The fourth-order valence-electron chi connectivity index (χ4n) is 4.64. The molecule has 138 valence electrons. The number of H-pyrrole nitrogens is 2. The van der Waals surface area contributed by atoms with E-state index in [1.807, 2.05) is 23.1 Å². The molecular formula is C20H20ClN5O. The van der Waals surface area contributed by atoms with Crippen LogP contribution >= 0.6 is 11.6 Å². The summed E-state index contributed by atoms with van der Waals surface area (Å²) in [6.45, 7) is 0.604. The number of hydrogen-bond acceptors (Lipinski definition) is 2. The van der Waals surface area contributed by atoms with Crippen LogP contribution in [0.15, 0.2) is 24.3 Å². The van der Waals surface area contributed by atoms with Gasteiger partial charge in [-0.15, -0.1) is 0 Å². The average molecular weight is 382 g/mol. The largest absolute Gasteiger partial charge is 0.353 e. The van der Waals surface area contributed by atoms with Gasteiger partial charge in [-0.25, -0.2) is 4.79 Å². The normalized spacial score (nSPS) is 20.1. The van der Waals surface area contributed by atoms with Crippen LogP contribution in [0.2, 0.25) is 5.02 Å². The second-order valence-electron chi connectivity index (χ2n) is 8.04. The zero-order chi connectivity index (χ0) is 18.2. The van der Waals surface area contributed by atoms with Gasteiger partial charge in [0.25, 0.3) is 0 Å². The van der Waals surface area contributed by atoms with Crippen molar-refractivity contribution in [1.29, 1.82) is 0 Å². The molecule has 0 saturated heterocycles. The molecule has 3 N–H and O–H groups in total. The van der Waals surface area contributed by atoms with E-state index in [0.717, 1.165) is 60.1 Å². The SMILES string of the molecule is O=C(NC1CC1)N1Cc2[nH]nc(-c3cc4ccc(Cl)cc4[nH]3)c2C12CCC2. The van der Waals surface area contributed by atoms with E-state index >= 15 is 0 Å². The van der Waals surface area contributed by atoms with Gasteiger partial charge in [-0.1, -0.05) is 17.7 Å². The van der Waals surface area contributed by atoms with Crippen LogP contribution < -0.4 is 5.32 Å². The fourth-order valence-corrected chi connectivity index (χ4v) is 4.81. The van der Waals surface area contributed by atoms with E-state index in [-0.39, 0.29) is 11.6 Å². The van der Waals surface area contributed by atoms with Gasteiger partial charge in [0.1, 0.15) is 5.69 Å². The van der Waals surface area contributed by atoms with E-state index in [0.29, 0.717) is 17.6 Å². The maximum atomic E-state index is 12.9. The first kappa shape index (κ1) is 15.6. The lowest BCUT2D eigenvalue weighted by atomic mass is 9.71. The van der Waals surface area contributed by atoms with Crippen LogP contribution in [0.4, 0.5) is 4.79 Å². The van der Waals surface area contributed by atoms with E-state index in [4.69, 9.17) is 11.6 Å². The Labute approximate surface area is 161 Å². The molecule has 2 aromatic heterocycles. The molecule has 1 aromatic carbocycles. The molecule has 1 aliphatic heterocycles. The van der Waals surface area contributed by atoms with E-state index in [9.17, 15) is 4.79 Å². The Hall–Kier alpha value is -2.47. The second kappa shape index (κ2) is 5.29. The summed E-state index contributed by atoms with van der Waals surface area (Å²) >= 11 is 6.13. The van der Waals surface area contributed by atoms with Gasteiger partial charge in [-0.3, -0.25) is 5.10 Å². The van der Waals surface area contributed by atoms with Crippen LogP contribution in [0.1, 0.15) is 43.4 Å². The second-order valence-corrected chi connectivity index (χ2v) is 8.47. The summed E-state index contributed by atoms with van der Waals surface area (Å²) in [6, 6.07) is 8.39. The molecule has 27 heavy (non-hydrogen) atoms. The van der Waals surface area contributed by atoms with Crippen LogP contribution in [-0.2, 0) is 12.1 Å². The van der Waals surface area contributed by atoms with Crippen LogP contribution in [-0.4, -0.2) is 32.2 Å². The monoisotopic (exact) mass is 381 g/mol. The number of amides is 2. The quantitative estimate of drug-likeness (QED) is 0.619. The number of carbonyl (C=O) groups is 1. The third-order valence-corrected chi connectivity index (χ3v) is 6.55. The van der Waals surface area contributed by atoms with Crippen molar-refractivity contribution in [3.05, 3.63) is 40.5 Å². The van der Waals surface area contributed by atoms with E-state index in [1.54, 1.807) is 0 Å². The molecule has 7 heteroatoms. The summed E-state index contributed by atoms with van der Waals surface area (Å²) in [5.41, 5.74) is 4.94. The first-order chi connectivity index (χ1) is 13.1. The topological polar surface area (TPSA) is 76.8 Å². The van der Waals surface area contributed by atoms with Gasteiger partial charge >= 0.3 is 6.03 Å². The summed E-state index contributed by atoms with van der Waals surface area (Å²) in [5.74, 6) is 0. The fraction of sp³-hybridized carbons (Fsp3) is 0.400. The molecule has 0 radical (unpaired) electrons. The number of nitrogens with one attached hydrogen (secondary N) is 3. The van der Waals surface area contributed by atoms with Crippen molar-refractivity contribution in [2.24, 2.45) is 0 Å². The van der Waals surface area contributed by atoms with Crippen molar-refractivity contribution in [3.8, 4) is 11.4 Å². The molecule has 0 unspecified atom stereocenters. The van der Waals surface area contributed by atoms with Gasteiger partial charge in [0.2, 0.25) is 0 Å². The predicted octanol–water partition coefficient (Wildman–Crippen LogP) is 4.28. The van der Waals surface area contributed by atoms with Crippen molar-refractivity contribution in [3.63, 3.8) is 0 Å². The highest BCUT2D eigenvalue weighted by Gasteiger charge is 2.54. The number of fused-ring (bicyclic) bond motifs is 3. The van der Waals surface area contributed by atoms with Gasteiger partial charge in [-0.2, -0.15) is 5.10 Å². The summed E-state index contributed by atoms with van der Waals surface area (Å²) in [4.78, 5) is 18.3. The number of rotatable bonds is 2. The van der Waals surface area contributed by atoms with Crippen molar-refractivity contribution < 1.29 is 4.79 Å². The highest BCUT2D eigenvalue weighted by atomic mass is 35.5. The molecule has 3 aromatic rings. The Morgan fingerprint density at radius 2 is 2.15 bits per heavy atom. The first-order valence-electron chi connectivity index (χ1n) is 9.58. The summed E-state index contributed by atoms with van der Waals surface area (Å²) in [6.07, 6.45) is 5.33. The van der Waals surface area contributed by atoms with E-state index < -0.39 is 0 Å². The van der Waals surface area contributed by atoms with E-state index in [1.165, 1.54) is 5.56 Å². The molecule has 2 aliphatic carbocycles. The highest BCUT2D eigenvalue weighted by molar-refractivity contribution is 6.31. The molecule has 0 atom stereocenters. The van der Waals surface area contributed by atoms with Crippen molar-refractivity contribution in [1.82, 2.24) is 25.4 Å². The molecule has 3 heterocycles. The molecule has 0 bridgehead atoms. The van der Waals surface area contributed by atoms with Crippen molar-refractivity contribution in [2.45, 2.75) is 50.2 Å². The Kier molecular flexibility index (Phi) is 3.05. The summed E-state index contributed by atoms with van der Waals surface area (Å²) < 4.78 is 0. The number of aromatic amines is 2. The summed E-state index contributed by atoms with van der Waals surface area (Å²) in [5, 5.41) is 12.8.